The molecule has 1 N–H and O–H groups in total. The van der Waals surface area contributed by atoms with E-state index in [0.29, 0.717) is 0 Å². The minimum Gasteiger partial charge on any atom is -0.379 e. The zero-order valence-corrected chi connectivity index (χ0v) is 6.10. The Balaban J connectivity index is 0.000000180. The third-order valence-electron chi connectivity index (χ3n) is 0.846. The summed E-state index contributed by atoms with van der Waals surface area (Å²) in [4.78, 5) is 0. The zero-order chi connectivity index (χ0) is 7.82. The van der Waals surface area contributed by atoms with Crippen LogP contribution in [0.1, 0.15) is 0 Å². The topological polar surface area (TPSA) is 21.3 Å². The molecule has 2 nitrogen and oxygen atoms in total. The number of hydrogen-bond donors (Lipinski definition) is 1. The van der Waals surface area contributed by atoms with E-state index in [1.54, 1.807) is 0 Å². The number of nitrogens with one attached hydrogen (secondary N) is 1. The van der Waals surface area contributed by atoms with Gasteiger partial charge in [0.25, 0.3) is 0 Å². The van der Waals surface area contributed by atoms with Crippen LogP contribution in [0, 0.1) is 0 Å². The predicted octanol–water partition coefficient (Wildman–Crippen LogP) is 0.864. The quantitative estimate of drug-likeness (QED) is 0.553. The minimum atomic E-state index is -3.86. The van der Waals surface area contributed by atoms with E-state index in [4.69, 9.17) is 4.74 Å². The third-order valence-corrected chi connectivity index (χ3v) is 0.846. The molecule has 1 aliphatic heterocycles. The fourth-order valence-corrected chi connectivity index (χ4v) is 0.516. The van der Waals surface area contributed by atoms with Crippen LogP contribution in [0.4, 0.5) is 11.7 Å². The van der Waals surface area contributed by atoms with Crippen LogP contribution in [0.25, 0.3) is 0 Å². The molecule has 0 amide bonds. The summed E-state index contributed by atoms with van der Waals surface area (Å²) in [6.07, 6.45) is 0. The van der Waals surface area contributed by atoms with E-state index in [-0.39, 0.29) is 0 Å². The number of ether oxygens (including phenoxy) is 1. The maximum atomic E-state index is 9.69. The summed E-state index contributed by atoms with van der Waals surface area (Å²) in [5.41, 5.74) is 0. The molecule has 1 aliphatic rings. The van der Waals surface area contributed by atoms with Gasteiger partial charge in [-0.3, -0.25) is 0 Å². The second-order valence-corrected chi connectivity index (χ2v) is 1.89. The smallest absolute Gasteiger partial charge is 0.379 e. The van der Waals surface area contributed by atoms with Gasteiger partial charge in [0.15, 0.2) is 0 Å². The Morgan fingerprint density at radius 2 is 1.50 bits per heavy atom. The van der Waals surface area contributed by atoms with Gasteiger partial charge in [-0.1, -0.05) is 0 Å². The molecule has 0 spiro atoms. The summed E-state index contributed by atoms with van der Waals surface area (Å²) < 4.78 is 34.1. The molecule has 0 aliphatic carbocycles. The van der Waals surface area contributed by atoms with Gasteiger partial charge in [0, 0.05) is 13.1 Å². The van der Waals surface area contributed by atoms with Crippen molar-refractivity contribution >= 4 is 12.1 Å². The van der Waals surface area contributed by atoms with Crippen LogP contribution in [-0.4, -0.2) is 26.3 Å². The Kier molecular flexibility index (Phi) is 7.21. The maximum Gasteiger partial charge on any atom is 0.661 e. The average molecular weight is 176 g/mol. The van der Waals surface area contributed by atoms with Crippen molar-refractivity contribution in [2.45, 2.75) is 0 Å². The third kappa shape index (κ3) is 10.9. The molecule has 6 heteroatoms. The number of halogens is 3. The minimum absolute atomic E-state index is 0.889. The molecule has 1 fully saturated rings. The van der Waals surface area contributed by atoms with Gasteiger partial charge in [0.1, 0.15) is 11.7 Å². The summed E-state index contributed by atoms with van der Waals surface area (Å²) in [6.45, 7) is 3.83. The lowest BCUT2D eigenvalue weighted by Gasteiger charge is -2.10. The van der Waals surface area contributed by atoms with E-state index < -0.39 is 12.1 Å². The molecule has 1 saturated heterocycles. The fraction of sp³-hybridized carbons (Fsp3) is 1.00. The van der Waals surface area contributed by atoms with Crippen molar-refractivity contribution < 1.29 is 16.4 Å². The van der Waals surface area contributed by atoms with Crippen LogP contribution in [0.5, 0.6) is 0 Å². The largest absolute Gasteiger partial charge is 0.661 e. The second-order valence-electron chi connectivity index (χ2n) is 1.54. The van der Waals surface area contributed by atoms with Crippen LogP contribution >= 0.6 is 0 Å². The highest BCUT2D eigenvalue weighted by Gasteiger charge is 2.14. The van der Waals surface area contributed by atoms with Gasteiger partial charge in [-0.25, -0.2) is 0 Å². The lowest BCUT2D eigenvalue weighted by Crippen LogP contribution is -2.30. The highest BCUT2D eigenvalue weighted by Crippen LogP contribution is 1.96. The molecule has 0 atom stereocenters. The molecule has 1 rings (SSSR count). The fourth-order valence-electron chi connectivity index (χ4n) is 0.516. The molecule has 0 saturated carbocycles. The molecular formula is C4H9F3NOS+. The van der Waals surface area contributed by atoms with Gasteiger partial charge in [0.05, 0.1) is 13.2 Å². The second kappa shape index (κ2) is 7.17. The van der Waals surface area contributed by atoms with Gasteiger partial charge < -0.3 is 10.1 Å². The Bertz CT molecular complexity index is 57.3. The first-order valence-corrected chi connectivity index (χ1v) is 3.67. The van der Waals surface area contributed by atoms with Gasteiger partial charge in [-0.05, 0) is 0 Å². The molecule has 1 heterocycles. The van der Waals surface area contributed by atoms with Crippen LogP contribution < -0.4 is 5.32 Å². The lowest BCUT2D eigenvalue weighted by molar-refractivity contribution is 0.109. The van der Waals surface area contributed by atoms with Crippen molar-refractivity contribution in [2.75, 3.05) is 26.3 Å². The lowest BCUT2D eigenvalue weighted by atomic mass is 10.5. The number of hydrogen-bond acceptors (Lipinski definition) is 2. The first-order valence-electron chi connectivity index (χ1n) is 2.75. The number of morpholine rings is 1. The molecular weight excluding hydrogens is 167 g/mol. The van der Waals surface area contributed by atoms with E-state index in [9.17, 15) is 11.7 Å². The molecule has 0 unspecified atom stereocenters. The van der Waals surface area contributed by atoms with Gasteiger partial charge in [-0.2, -0.15) is 0 Å². The first kappa shape index (κ1) is 10.1. The Morgan fingerprint density at radius 1 is 1.10 bits per heavy atom. The van der Waals surface area contributed by atoms with E-state index in [0.717, 1.165) is 26.3 Å². The van der Waals surface area contributed by atoms with Gasteiger partial charge in [0.2, 0.25) is 0 Å². The van der Waals surface area contributed by atoms with Crippen molar-refractivity contribution in [3.63, 3.8) is 0 Å². The van der Waals surface area contributed by atoms with Gasteiger partial charge >= 0.3 is 12.1 Å². The van der Waals surface area contributed by atoms with Crippen molar-refractivity contribution in [2.24, 2.45) is 0 Å². The van der Waals surface area contributed by atoms with E-state index >= 15 is 0 Å². The van der Waals surface area contributed by atoms with Crippen LogP contribution in [0.15, 0.2) is 0 Å². The summed E-state index contributed by atoms with van der Waals surface area (Å²) in [7, 11) is 0. The highest BCUT2D eigenvalue weighted by atomic mass is 32.3. The zero-order valence-electron chi connectivity index (χ0n) is 5.28. The Hall–Kier alpha value is 0.0600. The van der Waals surface area contributed by atoms with Crippen LogP contribution in [-0.2, 0) is 16.8 Å². The van der Waals surface area contributed by atoms with Crippen molar-refractivity contribution in [1.82, 2.24) is 5.32 Å². The Morgan fingerprint density at radius 3 is 1.60 bits per heavy atom. The van der Waals surface area contributed by atoms with E-state index in [2.05, 4.69) is 5.32 Å². The highest BCUT2D eigenvalue weighted by molar-refractivity contribution is 7.81. The molecule has 0 radical (unpaired) electrons. The van der Waals surface area contributed by atoms with E-state index in [1.165, 1.54) is 0 Å². The van der Waals surface area contributed by atoms with E-state index in [1.807, 2.05) is 0 Å². The maximum absolute atomic E-state index is 9.69. The molecule has 62 valence electrons. The summed E-state index contributed by atoms with van der Waals surface area (Å²) >= 11 is -3.86. The molecule has 0 aromatic heterocycles. The summed E-state index contributed by atoms with van der Waals surface area (Å²) in [6, 6.07) is 0. The molecule has 0 bridgehead atoms. The van der Waals surface area contributed by atoms with Crippen molar-refractivity contribution in [3.05, 3.63) is 0 Å². The molecule has 0 aromatic carbocycles. The summed E-state index contributed by atoms with van der Waals surface area (Å²) in [5, 5.41) is 3.16. The monoisotopic (exact) mass is 176 g/mol. The summed E-state index contributed by atoms with van der Waals surface area (Å²) in [5.74, 6) is 0. The van der Waals surface area contributed by atoms with Crippen LogP contribution in [0.3, 0.4) is 0 Å². The van der Waals surface area contributed by atoms with Crippen LogP contribution in [0.2, 0.25) is 0 Å². The van der Waals surface area contributed by atoms with Gasteiger partial charge in [-0.15, -0.1) is 0 Å². The Labute approximate surface area is 61.0 Å². The normalized spacial score (nSPS) is 18.0. The molecule has 0 aromatic rings. The SMILES string of the molecule is C1COCCN1.F[S+](F)F. The molecule has 10 heavy (non-hydrogen) atoms. The average Bonchev–Trinajstić information content (AvgIpc) is 1.90. The number of rotatable bonds is 0. The standard InChI is InChI=1S/C4H9NO.F3S/c1-3-6-4-2-5-1;1-4(2)3/h5H,1-4H2;/q;+1. The van der Waals surface area contributed by atoms with Crippen molar-refractivity contribution in [1.29, 1.82) is 0 Å². The predicted molar refractivity (Wildman–Crippen MR) is 34.4 cm³/mol. The first-order chi connectivity index (χ1) is 4.73. The van der Waals surface area contributed by atoms with Crippen molar-refractivity contribution in [3.8, 4) is 0 Å².